The summed E-state index contributed by atoms with van der Waals surface area (Å²) < 4.78 is 26.6. The van der Waals surface area contributed by atoms with Crippen molar-refractivity contribution in [2.75, 3.05) is 6.26 Å². The van der Waals surface area contributed by atoms with Crippen molar-refractivity contribution in [1.82, 2.24) is 10.2 Å². The van der Waals surface area contributed by atoms with E-state index in [0.717, 1.165) is 6.26 Å². The van der Waals surface area contributed by atoms with Crippen molar-refractivity contribution in [2.45, 2.75) is 18.7 Å². The van der Waals surface area contributed by atoms with E-state index in [0.29, 0.717) is 0 Å². The normalized spacial score (nSPS) is 14.4. The lowest BCUT2D eigenvalue weighted by Crippen LogP contribution is -2.04. The molecule has 0 amide bonds. The maximum Gasteiger partial charge on any atom is 0.232 e. The van der Waals surface area contributed by atoms with Crippen LogP contribution in [0.5, 0.6) is 0 Å². The zero-order valence-electron chi connectivity index (χ0n) is 7.39. The highest BCUT2D eigenvalue weighted by molar-refractivity contribution is 7.89. The Morgan fingerprint density at radius 1 is 1.54 bits per heavy atom. The summed E-state index contributed by atoms with van der Waals surface area (Å²) in [7, 11) is -3.13. The van der Waals surface area contributed by atoms with Gasteiger partial charge < -0.3 is 10.2 Å². The fraction of sp³-hybridized carbons (Fsp3) is 0.667. The summed E-state index contributed by atoms with van der Waals surface area (Å²) in [4.78, 5) is 0. The number of nitrogens with zero attached hydrogens (tertiary/aromatic N) is 2. The van der Waals surface area contributed by atoms with E-state index in [2.05, 4.69) is 10.2 Å². The van der Waals surface area contributed by atoms with Gasteiger partial charge in [-0.3, -0.25) is 0 Å². The minimum atomic E-state index is -3.13. The van der Waals surface area contributed by atoms with E-state index >= 15 is 0 Å². The molecule has 1 unspecified atom stereocenters. The highest BCUT2D eigenvalue weighted by Gasteiger charge is 2.13. The van der Waals surface area contributed by atoms with Crippen molar-refractivity contribution in [3.8, 4) is 0 Å². The molecule has 0 fully saturated rings. The number of hydrogen-bond donors (Lipinski definition) is 1. The van der Waals surface area contributed by atoms with E-state index in [1.807, 2.05) is 0 Å². The van der Waals surface area contributed by atoms with Gasteiger partial charge in [-0.25, -0.2) is 8.42 Å². The largest absolute Gasteiger partial charge is 0.422 e. The van der Waals surface area contributed by atoms with Crippen LogP contribution in [-0.4, -0.2) is 24.9 Å². The lowest BCUT2D eigenvalue weighted by molar-refractivity contribution is 0.436. The van der Waals surface area contributed by atoms with Gasteiger partial charge in [0.15, 0.2) is 9.84 Å². The zero-order chi connectivity index (χ0) is 10.1. The van der Waals surface area contributed by atoms with Gasteiger partial charge >= 0.3 is 0 Å². The van der Waals surface area contributed by atoms with Gasteiger partial charge in [0.05, 0.1) is 6.04 Å². The molecule has 13 heavy (non-hydrogen) atoms. The molecule has 0 aliphatic rings. The number of rotatable bonds is 3. The van der Waals surface area contributed by atoms with Gasteiger partial charge in [0.1, 0.15) is 5.75 Å². The molecule has 0 bridgehead atoms. The standard InChI is InChI=1S/C6H11N3O3S/c1-4(7)6-9-8-5(12-6)3-13(2,10)11/h4H,3,7H2,1-2H3. The third kappa shape index (κ3) is 3.11. The van der Waals surface area contributed by atoms with Crippen LogP contribution >= 0.6 is 0 Å². The minimum absolute atomic E-state index is 0.0785. The van der Waals surface area contributed by atoms with Crippen LogP contribution in [0.15, 0.2) is 4.42 Å². The van der Waals surface area contributed by atoms with Gasteiger partial charge in [-0.15, -0.1) is 10.2 Å². The summed E-state index contributed by atoms with van der Waals surface area (Å²) in [5.74, 6) is 0.0839. The highest BCUT2D eigenvalue weighted by atomic mass is 32.2. The topological polar surface area (TPSA) is 99.1 Å². The van der Waals surface area contributed by atoms with E-state index in [4.69, 9.17) is 10.2 Å². The number of hydrogen-bond acceptors (Lipinski definition) is 6. The van der Waals surface area contributed by atoms with Gasteiger partial charge in [0.2, 0.25) is 11.8 Å². The molecule has 0 saturated carbocycles. The molecule has 2 N–H and O–H groups in total. The lowest BCUT2D eigenvalue weighted by Gasteiger charge is -1.94. The second-order valence-electron chi connectivity index (χ2n) is 2.89. The molecular formula is C6H11N3O3S. The molecule has 1 rings (SSSR count). The Kier molecular flexibility index (Phi) is 2.67. The summed E-state index contributed by atoms with van der Waals surface area (Å²) in [5.41, 5.74) is 5.45. The first-order valence-electron chi connectivity index (χ1n) is 3.64. The van der Waals surface area contributed by atoms with E-state index in [9.17, 15) is 8.42 Å². The zero-order valence-corrected chi connectivity index (χ0v) is 8.21. The molecule has 0 aliphatic heterocycles. The van der Waals surface area contributed by atoms with Gasteiger partial charge in [-0.2, -0.15) is 0 Å². The second kappa shape index (κ2) is 3.43. The van der Waals surface area contributed by atoms with E-state index in [1.165, 1.54) is 0 Å². The van der Waals surface area contributed by atoms with Gasteiger partial charge in [0, 0.05) is 6.26 Å². The highest BCUT2D eigenvalue weighted by Crippen LogP contribution is 2.09. The molecule has 0 spiro atoms. The number of nitrogens with two attached hydrogens (primary N) is 1. The number of sulfone groups is 1. The fourth-order valence-electron chi connectivity index (χ4n) is 0.733. The third-order valence-electron chi connectivity index (χ3n) is 1.26. The minimum Gasteiger partial charge on any atom is -0.422 e. The van der Waals surface area contributed by atoms with E-state index in [-0.39, 0.29) is 23.6 Å². The van der Waals surface area contributed by atoms with Gasteiger partial charge in [-0.05, 0) is 6.92 Å². The van der Waals surface area contributed by atoms with Crippen LogP contribution in [-0.2, 0) is 15.6 Å². The summed E-state index contributed by atoms with van der Waals surface area (Å²) in [6, 6.07) is -0.374. The maximum absolute atomic E-state index is 10.8. The Balaban J connectivity index is 2.81. The molecule has 0 saturated heterocycles. The van der Waals surface area contributed by atoms with Crippen LogP contribution in [0.25, 0.3) is 0 Å². The maximum atomic E-state index is 10.8. The van der Waals surface area contributed by atoms with Crippen molar-refractivity contribution < 1.29 is 12.8 Å². The summed E-state index contributed by atoms with van der Waals surface area (Å²) >= 11 is 0. The molecule has 1 atom stereocenters. The molecule has 0 aliphatic carbocycles. The summed E-state index contributed by atoms with van der Waals surface area (Å²) in [5, 5.41) is 7.14. The lowest BCUT2D eigenvalue weighted by atomic mass is 10.4. The summed E-state index contributed by atoms with van der Waals surface area (Å²) in [6.07, 6.45) is 1.10. The fourth-order valence-corrected chi connectivity index (χ4v) is 1.30. The van der Waals surface area contributed by atoms with Crippen LogP contribution in [0.2, 0.25) is 0 Å². The Bertz CT molecular complexity index is 382. The van der Waals surface area contributed by atoms with Crippen LogP contribution in [0.1, 0.15) is 24.7 Å². The molecule has 6 nitrogen and oxygen atoms in total. The molecular weight excluding hydrogens is 194 g/mol. The van der Waals surface area contributed by atoms with Gasteiger partial charge in [-0.1, -0.05) is 0 Å². The predicted molar refractivity (Wildman–Crippen MR) is 45.4 cm³/mol. The average molecular weight is 205 g/mol. The summed E-state index contributed by atoms with van der Waals surface area (Å²) in [6.45, 7) is 1.68. The van der Waals surface area contributed by atoms with E-state index < -0.39 is 9.84 Å². The first kappa shape index (κ1) is 10.1. The Hall–Kier alpha value is -0.950. The van der Waals surface area contributed by atoms with Crippen molar-refractivity contribution in [3.05, 3.63) is 11.8 Å². The van der Waals surface area contributed by atoms with Crippen LogP contribution < -0.4 is 5.73 Å². The Labute approximate surface area is 76.1 Å². The quantitative estimate of drug-likeness (QED) is 0.723. The van der Waals surface area contributed by atoms with Crippen molar-refractivity contribution in [3.63, 3.8) is 0 Å². The molecule has 7 heteroatoms. The van der Waals surface area contributed by atoms with Crippen LogP contribution in [0, 0.1) is 0 Å². The SMILES string of the molecule is CC(N)c1nnc(CS(C)(=O)=O)o1. The molecule has 1 aromatic heterocycles. The van der Waals surface area contributed by atoms with Crippen LogP contribution in [0.4, 0.5) is 0 Å². The molecule has 1 aromatic rings. The van der Waals surface area contributed by atoms with Crippen molar-refractivity contribution in [2.24, 2.45) is 5.73 Å². The van der Waals surface area contributed by atoms with Crippen LogP contribution in [0.3, 0.4) is 0 Å². The molecule has 0 aromatic carbocycles. The first-order valence-corrected chi connectivity index (χ1v) is 5.70. The first-order chi connectivity index (χ1) is 5.88. The molecule has 1 heterocycles. The molecule has 74 valence electrons. The third-order valence-corrected chi connectivity index (χ3v) is 2.03. The monoisotopic (exact) mass is 205 g/mol. The predicted octanol–water partition coefficient (Wildman–Crippen LogP) is -0.366. The van der Waals surface area contributed by atoms with Crippen molar-refractivity contribution >= 4 is 9.84 Å². The smallest absolute Gasteiger partial charge is 0.232 e. The molecule has 0 radical (unpaired) electrons. The van der Waals surface area contributed by atoms with Gasteiger partial charge in [0.25, 0.3) is 0 Å². The second-order valence-corrected chi connectivity index (χ2v) is 5.03. The van der Waals surface area contributed by atoms with Crippen molar-refractivity contribution in [1.29, 1.82) is 0 Å². The Morgan fingerprint density at radius 2 is 2.15 bits per heavy atom. The average Bonchev–Trinajstić information content (AvgIpc) is 2.31. The van der Waals surface area contributed by atoms with E-state index in [1.54, 1.807) is 6.92 Å². The Morgan fingerprint density at radius 3 is 2.54 bits per heavy atom. The number of aromatic nitrogens is 2.